The molecule has 2 atom stereocenters. The number of aromatic hydroxyl groups is 1. The van der Waals surface area contributed by atoms with E-state index < -0.39 is 0 Å². The summed E-state index contributed by atoms with van der Waals surface area (Å²) in [5.41, 5.74) is 0.463. The molecule has 4 heteroatoms. The first-order valence-electron chi connectivity index (χ1n) is 6.76. The van der Waals surface area contributed by atoms with Crippen molar-refractivity contribution in [1.29, 1.82) is 0 Å². The third-order valence-electron chi connectivity index (χ3n) is 3.63. The van der Waals surface area contributed by atoms with Gasteiger partial charge in [0.05, 0.1) is 5.60 Å². The topological polar surface area (TPSA) is 41.5 Å². The van der Waals surface area contributed by atoms with Crippen molar-refractivity contribution in [1.82, 2.24) is 5.32 Å². The smallest absolute Gasteiger partial charge is 0.131 e. The van der Waals surface area contributed by atoms with Crippen LogP contribution in [0.1, 0.15) is 45.2 Å². The normalized spacial score (nSPS) is 24.1. The minimum Gasteiger partial charge on any atom is -0.508 e. The van der Waals surface area contributed by atoms with E-state index in [1.165, 1.54) is 6.07 Å². The van der Waals surface area contributed by atoms with Crippen molar-refractivity contribution in [2.45, 2.75) is 51.3 Å². The average Bonchev–Trinajstić information content (AvgIpc) is 2.27. The van der Waals surface area contributed by atoms with Crippen molar-refractivity contribution < 1.29 is 14.2 Å². The third kappa shape index (κ3) is 3.67. The molecule has 1 saturated heterocycles. The van der Waals surface area contributed by atoms with Gasteiger partial charge in [0.1, 0.15) is 11.6 Å². The molecule has 3 nitrogen and oxygen atoms in total. The van der Waals surface area contributed by atoms with Crippen LogP contribution in [0.25, 0.3) is 0 Å². The fraction of sp³-hybridized carbons (Fsp3) is 0.600. The van der Waals surface area contributed by atoms with Gasteiger partial charge in [0.2, 0.25) is 0 Å². The van der Waals surface area contributed by atoms with Crippen LogP contribution in [0.4, 0.5) is 4.39 Å². The van der Waals surface area contributed by atoms with Gasteiger partial charge in [-0.05, 0) is 39.7 Å². The Morgan fingerprint density at radius 2 is 2.21 bits per heavy atom. The Morgan fingerprint density at radius 1 is 1.47 bits per heavy atom. The number of phenolic OH excluding ortho intramolecular Hbond substituents is 1. The summed E-state index contributed by atoms with van der Waals surface area (Å²) in [6.07, 6.45) is 1.85. The van der Waals surface area contributed by atoms with E-state index in [0.717, 1.165) is 25.5 Å². The van der Waals surface area contributed by atoms with Crippen LogP contribution in [0, 0.1) is 5.82 Å². The van der Waals surface area contributed by atoms with Gasteiger partial charge in [0, 0.05) is 30.3 Å². The fourth-order valence-electron chi connectivity index (χ4n) is 2.68. The molecule has 1 heterocycles. The maximum Gasteiger partial charge on any atom is 0.131 e. The molecule has 2 unspecified atom stereocenters. The second kappa shape index (κ2) is 5.47. The van der Waals surface area contributed by atoms with Gasteiger partial charge in [0.15, 0.2) is 0 Å². The molecule has 2 N–H and O–H groups in total. The number of phenols is 1. The first-order chi connectivity index (χ1) is 8.87. The molecule has 1 aliphatic heterocycles. The Balaban J connectivity index is 2.02. The Bertz CT molecular complexity index is 448. The second-order valence-corrected chi connectivity index (χ2v) is 5.89. The molecule has 2 rings (SSSR count). The fourth-order valence-corrected chi connectivity index (χ4v) is 2.68. The molecule has 106 valence electrons. The van der Waals surface area contributed by atoms with E-state index in [9.17, 15) is 9.50 Å². The van der Waals surface area contributed by atoms with Crippen LogP contribution in [0.15, 0.2) is 18.2 Å². The lowest BCUT2D eigenvalue weighted by Gasteiger charge is -2.37. The van der Waals surface area contributed by atoms with E-state index in [1.807, 2.05) is 6.92 Å². The van der Waals surface area contributed by atoms with Crippen molar-refractivity contribution in [3.05, 3.63) is 29.6 Å². The summed E-state index contributed by atoms with van der Waals surface area (Å²) in [6, 6.07) is 4.55. The first-order valence-corrected chi connectivity index (χ1v) is 6.76. The van der Waals surface area contributed by atoms with Crippen molar-refractivity contribution in [2.24, 2.45) is 0 Å². The van der Waals surface area contributed by atoms with E-state index in [-0.39, 0.29) is 23.2 Å². The summed E-state index contributed by atoms with van der Waals surface area (Å²) in [6.45, 7) is 6.83. The predicted octanol–water partition coefficient (Wildman–Crippen LogP) is 3.14. The highest BCUT2D eigenvalue weighted by atomic mass is 19.1. The van der Waals surface area contributed by atoms with Crippen LogP contribution in [0.3, 0.4) is 0 Å². The Hall–Kier alpha value is -1.13. The van der Waals surface area contributed by atoms with Crippen LogP contribution in [0.2, 0.25) is 0 Å². The Morgan fingerprint density at radius 3 is 2.84 bits per heavy atom. The van der Waals surface area contributed by atoms with Gasteiger partial charge in [-0.2, -0.15) is 0 Å². The number of benzene rings is 1. The van der Waals surface area contributed by atoms with Crippen LogP contribution < -0.4 is 5.32 Å². The number of hydrogen-bond donors (Lipinski definition) is 2. The lowest BCUT2D eigenvalue weighted by atomic mass is 9.93. The Labute approximate surface area is 113 Å². The largest absolute Gasteiger partial charge is 0.508 e. The molecule has 1 aromatic rings. The number of hydrogen-bond acceptors (Lipinski definition) is 3. The van der Waals surface area contributed by atoms with E-state index in [4.69, 9.17) is 4.74 Å². The van der Waals surface area contributed by atoms with Crippen LogP contribution in [-0.4, -0.2) is 23.4 Å². The molecule has 0 bridgehead atoms. The molecule has 0 spiro atoms. The monoisotopic (exact) mass is 267 g/mol. The van der Waals surface area contributed by atoms with Crippen molar-refractivity contribution in [3.63, 3.8) is 0 Å². The molecule has 0 radical (unpaired) electrons. The van der Waals surface area contributed by atoms with Crippen molar-refractivity contribution >= 4 is 0 Å². The number of ether oxygens (including phenoxy) is 1. The van der Waals surface area contributed by atoms with E-state index in [1.54, 1.807) is 6.07 Å². The number of rotatable bonds is 3. The molecule has 0 amide bonds. The lowest BCUT2D eigenvalue weighted by molar-refractivity contribution is -0.0640. The molecule has 19 heavy (non-hydrogen) atoms. The van der Waals surface area contributed by atoms with Gasteiger partial charge < -0.3 is 15.2 Å². The molecular weight excluding hydrogens is 245 g/mol. The SMILES string of the molecule is CC(NC1CCOC(C)(C)C1)c1ccc(O)cc1F. The van der Waals surface area contributed by atoms with Crippen LogP contribution in [0.5, 0.6) is 5.75 Å². The number of nitrogens with one attached hydrogen (secondary N) is 1. The highest BCUT2D eigenvalue weighted by Crippen LogP contribution is 2.27. The lowest BCUT2D eigenvalue weighted by Crippen LogP contribution is -2.44. The van der Waals surface area contributed by atoms with E-state index >= 15 is 0 Å². The zero-order valence-corrected chi connectivity index (χ0v) is 11.7. The standard InChI is InChI=1S/C15H22FNO2/c1-10(13-5-4-12(18)8-14(13)16)17-11-6-7-19-15(2,3)9-11/h4-5,8,10-11,17-18H,6-7,9H2,1-3H3. The molecule has 0 aromatic heterocycles. The quantitative estimate of drug-likeness (QED) is 0.884. The Kier molecular flexibility index (Phi) is 4.11. The van der Waals surface area contributed by atoms with Gasteiger partial charge in [-0.25, -0.2) is 4.39 Å². The van der Waals surface area contributed by atoms with Gasteiger partial charge in [-0.1, -0.05) is 6.07 Å². The highest BCUT2D eigenvalue weighted by molar-refractivity contribution is 5.29. The molecule has 1 aliphatic rings. The van der Waals surface area contributed by atoms with Gasteiger partial charge in [0.25, 0.3) is 0 Å². The molecule has 1 fully saturated rings. The maximum absolute atomic E-state index is 13.8. The minimum atomic E-state index is -0.369. The minimum absolute atomic E-state index is 0.0411. The summed E-state index contributed by atoms with van der Waals surface area (Å²) in [7, 11) is 0. The summed E-state index contributed by atoms with van der Waals surface area (Å²) in [5, 5.41) is 12.7. The van der Waals surface area contributed by atoms with Crippen LogP contribution in [-0.2, 0) is 4.74 Å². The van der Waals surface area contributed by atoms with E-state index in [2.05, 4.69) is 19.2 Å². The summed E-state index contributed by atoms with van der Waals surface area (Å²) >= 11 is 0. The van der Waals surface area contributed by atoms with E-state index in [0.29, 0.717) is 11.6 Å². The van der Waals surface area contributed by atoms with Gasteiger partial charge in [-0.3, -0.25) is 0 Å². The van der Waals surface area contributed by atoms with Crippen LogP contribution >= 0.6 is 0 Å². The zero-order valence-electron chi connectivity index (χ0n) is 11.7. The molecular formula is C15H22FNO2. The number of halogens is 1. The summed E-state index contributed by atoms with van der Waals surface area (Å²) in [4.78, 5) is 0. The average molecular weight is 267 g/mol. The highest BCUT2D eigenvalue weighted by Gasteiger charge is 2.29. The summed E-state index contributed by atoms with van der Waals surface area (Å²) < 4.78 is 19.5. The second-order valence-electron chi connectivity index (χ2n) is 5.89. The maximum atomic E-state index is 13.8. The zero-order chi connectivity index (χ0) is 14.0. The molecule has 0 saturated carbocycles. The first kappa shape index (κ1) is 14.3. The molecule has 1 aromatic carbocycles. The van der Waals surface area contributed by atoms with Crippen molar-refractivity contribution in [3.8, 4) is 5.75 Å². The van der Waals surface area contributed by atoms with Crippen molar-refractivity contribution in [2.75, 3.05) is 6.61 Å². The third-order valence-corrected chi connectivity index (χ3v) is 3.63. The van der Waals surface area contributed by atoms with Gasteiger partial charge >= 0.3 is 0 Å². The van der Waals surface area contributed by atoms with Gasteiger partial charge in [-0.15, -0.1) is 0 Å². The predicted molar refractivity (Wildman–Crippen MR) is 72.7 cm³/mol. The summed E-state index contributed by atoms with van der Waals surface area (Å²) in [5.74, 6) is -0.410. The molecule has 0 aliphatic carbocycles.